The van der Waals surface area contributed by atoms with Crippen LogP contribution in [0.4, 0.5) is 17.1 Å². The molecule has 6 N–H and O–H groups in total. The standard InChI is InChI=1S/C7H12N3P/c1-3-2-4(8)7(11)6(10)5(3)9/h2H,8-11H2,1H3. The summed E-state index contributed by atoms with van der Waals surface area (Å²) in [5.74, 6) is 0. The van der Waals surface area contributed by atoms with Gasteiger partial charge in [-0.05, 0) is 18.6 Å². The summed E-state index contributed by atoms with van der Waals surface area (Å²) < 4.78 is 0. The first-order chi connectivity index (χ1) is 5.04. The molecule has 0 aliphatic carbocycles. The van der Waals surface area contributed by atoms with E-state index in [4.69, 9.17) is 17.2 Å². The van der Waals surface area contributed by atoms with Gasteiger partial charge in [0.2, 0.25) is 0 Å². The van der Waals surface area contributed by atoms with Crippen molar-refractivity contribution in [3.63, 3.8) is 0 Å². The lowest BCUT2D eigenvalue weighted by molar-refractivity contribution is 1.49. The van der Waals surface area contributed by atoms with E-state index in [0.717, 1.165) is 10.9 Å². The summed E-state index contributed by atoms with van der Waals surface area (Å²) in [4.78, 5) is 0. The number of hydrogen-bond donors (Lipinski definition) is 3. The van der Waals surface area contributed by atoms with Crippen molar-refractivity contribution in [2.75, 3.05) is 17.2 Å². The second-order valence-electron chi connectivity index (χ2n) is 2.52. The molecule has 0 saturated carbocycles. The van der Waals surface area contributed by atoms with Crippen LogP contribution < -0.4 is 22.5 Å². The Morgan fingerprint density at radius 1 is 1.18 bits per heavy atom. The highest BCUT2D eigenvalue weighted by Crippen LogP contribution is 2.22. The van der Waals surface area contributed by atoms with E-state index < -0.39 is 0 Å². The van der Waals surface area contributed by atoms with Crippen molar-refractivity contribution in [1.29, 1.82) is 0 Å². The third kappa shape index (κ3) is 1.24. The van der Waals surface area contributed by atoms with E-state index in [9.17, 15) is 0 Å². The fraction of sp³-hybridized carbons (Fsp3) is 0.143. The second kappa shape index (κ2) is 2.59. The van der Waals surface area contributed by atoms with Crippen LogP contribution in [0, 0.1) is 6.92 Å². The number of anilines is 3. The van der Waals surface area contributed by atoms with Crippen LogP contribution in [0.1, 0.15) is 5.56 Å². The fourth-order valence-corrected chi connectivity index (χ4v) is 1.14. The van der Waals surface area contributed by atoms with Gasteiger partial charge in [0, 0.05) is 11.0 Å². The number of nitrogens with two attached hydrogens (primary N) is 3. The molecule has 0 fully saturated rings. The molecule has 0 aliphatic rings. The predicted octanol–water partition coefficient (Wildman–Crippen LogP) is 0.242. The molecular weight excluding hydrogens is 157 g/mol. The molecule has 0 radical (unpaired) electrons. The molecule has 0 aromatic heterocycles. The maximum atomic E-state index is 5.66. The normalized spacial score (nSPS) is 10.0. The van der Waals surface area contributed by atoms with Crippen LogP contribution in [0.2, 0.25) is 0 Å². The summed E-state index contributed by atoms with van der Waals surface area (Å²) in [5.41, 5.74) is 19.7. The van der Waals surface area contributed by atoms with Crippen LogP contribution in [-0.2, 0) is 0 Å². The number of benzene rings is 1. The van der Waals surface area contributed by atoms with Gasteiger partial charge in [0.15, 0.2) is 0 Å². The molecule has 0 heterocycles. The van der Waals surface area contributed by atoms with E-state index in [2.05, 4.69) is 9.24 Å². The van der Waals surface area contributed by atoms with Gasteiger partial charge in [-0.1, -0.05) is 0 Å². The molecule has 3 nitrogen and oxygen atoms in total. The molecule has 0 aliphatic heterocycles. The number of aryl methyl sites for hydroxylation is 1. The fourth-order valence-electron chi connectivity index (χ4n) is 0.902. The Hall–Kier alpha value is -0.950. The highest BCUT2D eigenvalue weighted by Gasteiger charge is 2.04. The lowest BCUT2D eigenvalue weighted by atomic mass is 10.1. The van der Waals surface area contributed by atoms with Crippen LogP contribution in [0.3, 0.4) is 0 Å². The molecule has 0 amide bonds. The summed E-state index contributed by atoms with van der Waals surface area (Å²) in [5, 5.41) is 0.785. The summed E-state index contributed by atoms with van der Waals surface area (Å²) >= 11 is 0. The van der Waals surface area contributed by atoms with Crippen molar-refractivity contribution >= 4 is 31.6 Å². The Labute approximate surface area is 68.1 Å². The van der Waals surface area contributed by atoms with Gasteiger partial charge in [0.05, 0.1) is 11.4 Å². The Kier molecular flexibility index (Phi) is 1.92. The SMILES string of the molecule is Cc1cc(N)c(P)c(N)c1N. The largest absolute Gasteiger partial charge is 0.398 e. The molecule has 4 heteroatoms. The van der Waals surface area contributed by atoms with Crippen molar-refractivity contribution in [2.45, 2.75) is 6.92 Å². The maximum absolute atomic E-state index is 5.66. The van der Waals surface area contributed by atoms with Crippen LogP contribution >= 0.6 is 9.24 Å². The molecule has 11 heavy (non-hydrogen) atoms. The zero-order chi connectivity index (χ0) is 8.59. The van der Waals surface area contributed by atoms with Gasteiger partial charge in [-0.25, -0.2) is 0 Å². The van der Waals surface area contributed by atoms with Crippen LogP contribution in [0.15, 0.2) is 6.07 Å². The first kappa shape index (κ1) is 8.15. The highest BCUT2D eigenvalue weighted by molar-refractivity contribution is 7.28. The van der Waals surface area contributed by atoms with Crippen molar-refractivity contribution in [1.82, 2.24) is 0 Å². The van der Waals surface area contributed by atoms with E-state index in [1.807, 2.05) is 13.0 Å². The molecule has 0 spiro atoms. The smallest absolute Gasteiger partial charge is 0.0644 e. The zero-order valence-corrected chi connectivity index (χ0v) is 7.54. The highest BCUT2D eigenvalue weighted by atomic mass is 31.0. The van der Waals surface area contributed by atoms with Gasteiger partial charge in [-0.15, -0.1) is 9.24 Å². The first-order valence-electron chi connectivity index (χ1n) is 3.23. The lowest BCUT2D eigenvalue weighted by Gasteiger charge is -2.09. The van der Waals surface area contributed by atoms with Crippen molar-refractivity contribution < 1.29 is 0 Å². The zero-order valence-electron chi connectivity index (χ0n) is 6.39. The molecule has 1 rings (SSSR count). The number of hydrogen-bond acceptors (Lipinski definition) is 3. The van der Waals surface area contributed by atoms with Gasteiger partial charge in [0.1, 0.15) is 0 Å². The van der Waals surface area contributed by atoms with E-state index in [-0.39, 0.29) is 0 Å². The lowest BCUT2D eigenvalue weighted by Crippen LogP contribution is -2.11. The Morgan fingerprint density at radius 3 is 2.27 bits per heavy atom. The summed E-state index contributed by atoms with van der Waals surface area (Å²) in [6.45, 7) is 1.88. The second-order valence-corrected chi connectivity index (χ2v) is 3.10. The van der Waals surface area contributed by atoms with Crippen molar-refractivity contribution in [2.24, 2.45) is 0 Å². The van der Waals surface area contributed by atoms with Crippen LogP contribution in [0.25, 0.3) is 0 Å². The Morgan fingerprint density at radius 2 is 1.73 bits per heavy atom. The van der Waals surface area contributed by atoms with Gasteiger partial charge < -0.3 is 17.2 Å². The van der Waals surface area contributed by atoms with Crippen LogP contribution in [0.5, 0.6) is 0 Å². The molecule has 1 aromatic carbocycles. The molecule has 0 bridgehead atoms. The minimum absolute atomic E-state index is 0.563. The summed E-state index contributed by atoms with van der Waals surface area (Å²) in [7, 11) is 2.47. The van der Waals surface area contributed by atoms with Gasteiger partial charge >= 0.3 is 0 Å². The van der Waals surface area contributed by atoms with Crippen molar-refractivity contribution in [3.05, 3.63) is 11.6 Å². The predicted molar refractivity (Wildman–Crippen MR) is 53.8 cm³/mol. The minimum atomic E-state index is 0.563. The third-order valence-electron chi connectivity index (χ3n) is 1.69. The number of rotatable bonds is 0. The Balaban J connectivity index is 3.46. The summed E-state index contributed by atoms with van der Waals surface area (Å²) in [6, 6.07) is 1.81. The molecule has 0 saturated heterocycles. The minimum Gasteiger partial charge on any atom is -0.398 e. The quantitative estimate of drug-likeness (QED) is 0.384. The van der Waals surface area contributed by atoms with Gasteiger partial charge in [-0.2, -0.15) is 0 Å². The average molecular weight is 169 g/mol. The van der Waals surface area contributed by atoms with Crippen LogP contribution in [-0.4, -0.2) is 0 Å². The molecule has 1 aromatic rings. The van der Waals surface area contributed by atoms with E-state index >= 15 is 0 Å². The molecule has 1 unspecified atom stereocenters. The van der Waals surface area contributed by atoms with E-state index in [1.54, 1.807) is 0 Å². The maximum Gasteiger partial charge on any atom is 0.0644 e. The topological polar surface area (TPSA) is 78.1 Å². The van der Waals surface area contributed by atoms with Gasteiger partial charge in [0.25, 0.3) is 0 Å². The average Bonchev–Trinajstić information content (AvgIpc) is 1.97. The monoisotopic (exact) mass is 169 g/mol. The first-order valence-corrected chi connectivity index (χ1v) is 3.81. The van der Waals surface area contributed by atoms with E-state index in [1.165, 1.54) is 0 Å². The van der Waals surface area contributed by atoms with Crippen molar-refractivity contribution in [3.8, 4) is 0 Å². The number of nitrogen functional groups attached to an aromatic ring is 3. The molecule has 60 valence electrons. The summed E-state index contributed by atoms with van der Waals surface area (Å²) in [6.07, 6.45) is 0. The molecular formula is C7H12N3P. The molecule has 1 atom stereocenters. The van der Waals surface area contributed by atoms with Gasteiger partial charge in [-0.3, -0.25) is 0 Å². The van der Waals surface area contributed by atoms with E-state index in [0.29, 0.717) is 17.1 Å². The Bertz CT molecular complexity index is 270. The third-order valence-corrected chi connectivity index (χ3v) is 2.33.